The van der Waals surface area contributed by atoms with E-state index in [0.717, 1.165) is 35.1 Å². The van der Waals surface area contributed by atoms with Gasteiger partial charge in [0.2, 0.25) is 12.7 Å². The Bertz CT molecular complexity index is 1230. The van der Waals surface area contributed by atoms with Gasteiger partial charge in [-0.15, -0.1) is 0 Å². The van der Waals surface area contributed by atoms with E-state index < -0.39 is 11.3 Å². The molecule has 1 aromatic heterocycles. The van der Waals surface area contributed by atoms with Crippen LogP contribution in [0.1, 0.15) is 37.3 Å². The molecule has 1 aliphatic heterocycles. The summed E-state index contributed by atoms with van der Waals surface area (Å²) in [4.78, 5) is 28.7. The number of anilines is 1. The third-order valence-corrected chi connectivity index (χ3v) is 5.93. The van der Waals surface area contributed by atoms with E-state index in [0.29, 0.717) is 17.2 Å². The lowest BCUT2D eigenvalue weighted by Crippen LogP contribution is -2.27. The van der Waals surface area contributed by atoms with E-state index in [2.05, 4.69) is 10.3 Å². The van der Waals surface area contributed by atoms with Crippen LogP contribution in [-0.4, -0.2) is 23.6 Å². The van der Waals surface area contributed by atoms with Gasteiger partial charge in [-0.2, -0.15) is 0 Å². The standard InChI is InChI=1S/C24H21N3O4.2H2/c1-14-2-4-17(12-18(14)15-6-9-26-19(10-15)22(25)28)27-23(29)24(7-8-24)16-3-5-20-21(11-16)31-13-30-20;;/h2-6,9-12H,7-8,13H2,1H3,(H2,25,28)(H,27,29);2*1H. The molecule has 2 amide bonds. The van der Waals surface area contributed by atoms with Crippen molar-refractivity contribution in [1.82, 2.24) is 4.98 Å². The van der Waals surface area contributed by atoms with E-state index in [1.807, 2.05) is 49.4 Å². The number of nitrogens with one attached hydrogen (secondary N) is 1. The summed E-state index contributed by atoms with van der Waals surface area (Å²) in [5.74, 6) is 0.755. The maximum atomic E-state index is 13.2. The molecule has 2 aliphatic rings. The van der Waals surface area contributed by atoms with Crippen molar-refractivity contribution >= 4 is 17.5 Å². The fraction of sp³-hybridized carbons (Fsp3) is 0.208. The molecule has 2 heterocycles. The molecular formula is C24H25N3O4. The summed E-state index contributed by atoms with van der Waals surface area (Å²) in [6.45, 7) is 2.18. The monoisotopic (exact) mass is 419 g/mol. The van der Waals surface area contributed by atoms with Crippen molar-refractivity contribution in [3.63, 3.8) is 0 Å². The number of amides is 2. The zero-order valence-electron chi connectivity index (χ0n) is 17.0. The number of ether oxygens (including phenoxy) is 2. The predicted molar refractivity (Wildman–Crippen MR) is 119 cm³/mol. The second kappa shape index (κ2) is 7.12. The molecule has 1 aliphatic carbocycles. The number of carbonyl (C=O) groups is 2. The molecule has 160 valence electrons. The minimum atomic E-state index is -0.580. The Kier molecular flexibility index (Phi) is 4.39. The van der Waals surface area contributed by atoms with Gasteiger partial charge in [0.25, 0.3) is 5.91 Å². The first-order chi connectivity index (χ1) is 15.0. The highest BCUT2D eigenvalue weighted by atomic mass is 16.7. The van der Waals surface area contributed by atoms with E-state index in [1.54, 1.807) is 12.3 Å². The molecular weight excluding hydrogens is 394 g/mol. The third kappa shape index (κ3) is 3.38. The van der Waals surface area contributed by atoms with Crippen LogP contribution in [0.25, 0.3) is 11.1 Å². The smallest absolute Gasteiger partial charge is 0.267 e. The van der Waals surface area contributed by atoms with Crippen molar-refractivity contribution in [2.75, 3.05) is 12.1 Å². The molecule has 7 heteroatoms. The second-order valence-electron chi connectivity index (χ2n) is 7.93. The molecule has 0 atom stereocenters. The van der Waals surface area contributed by atoms with Crippen LogP contribution in [0.2, 0.25) is 0 Å². The molecule has 0 spiro atoms. The molecule has 0 bridgehead atoms. The van der Waals surface area contributed by atoms with Crippen molar-refractivity contribution in [2.45, 2.75) is 25.2 Å². The summed E-state index contributed by atoms with van der Waals surface area (Å²) in [6, 6.07) is 14.9. The molecule has 7 nitrogen and oxygen atoms in total. The highest BCUT2D eigenvalue weighted by Crippen LogP contribution is 2.51. The van der Waals surface area contributed by atoms with E-state index >= 15 is 0 Å². The molecule has 3 aromatic rings. The molecule has 3 N–H and O–H groups in total. The number of hydrogen-bond donors (Lipinski definition) is 2. The zero-order valence-corrected chi connectivity index (χ0v) is 17.0. The van der Waals surface area contributed by atoms with Crippen molar-refractivity contribution in [3.05, 3.63) is 71.5 Å². The first-order valence-electron chi connectivity index (χ1n) is 10.0. The van der Waals surface area contributed by atoms with Crippen molar-refractivity contribution in [1.29, 1.82) is 0 Å². The number of fused-ring (bicyclic) bond motifs is 1. The van der Waals surface area contributed by atoms with Gasteiger partial charge in [0.1, 0.15) is 5.69 Å². The highest BCUT2D eigenvalue weighted by Gasteiger charge is 2.51. The maximum absolute atomic E-state index is 13.2. The van der Waals surface area contributed by atoms with Gasteiger partial charge in [0, 0.05) is 14.7 Å². The van der Waals surface area contributed by atoms with Gasteiger partial charge >= 0.3 is 0 Å². The number of aromatic nitrogens is 1. The highest BCUT2D eigenvalue weighted by molar-refractivity contribution is 6.02. The van der Waals surface area contributed by atoms with Gasteiger partial charge in [-0.05, 0) is 78.4 Å². The molecule has 0 saturated heterocycles. The first-order valence-corrected chi connectivity index (χ1v) is 10.0. The number of nitrogens with two attached hydrogens (primary N) is 1. The number of nitrogens with zero attached hydrogens (tertiary/aromatic N) is 1. The number of hydrogen-bond acceptors (Lipinski definition) is 5. The van der Waals surface area contributed by atoms with Gasteiger partial charge in [-0.1, -0.05) is 12.1 Å². The van der Waals surface area contributed by atoms with Gasteiger partial charge in [-0.25, -0.2) is 0 Å². The van der Waals surface area contributed by atoms with Crippen LogP contribution >= 0.6 is 0 Å². The zero-order chi connectivity index (χ0) is 21.6. The minimum Gasteiger partial charge on any atom is -0.454 e. The number of carbonyl (C=O) groups excluding carboxylic acids is 2. The van der Waals surface area contributed by atoms with Crippen LogP contribution in [0.4, 0.5) is 5.69 Å². The van der Waals surface area contributed by atoms with Crippen LogP contribution in [-0.2, 0) is 10.2 Å². The van der Waals surface area contributed by atoms with Crippen LogP contribution in [0, 0.1) is 6.92 Å². The number of rotatable bonds is 5. The van der Waals surface area contributed by atoms with E-state index in [1.165, 1.54) is 0 Å². The summed E-state index contributed by atoms with van der Waals surface area (Å²) in [7, 11) is 0. The Morgan fingerprint density at radius 3 is 2.65 bits per heavy atom. The molecule has 0 radical (unpaired) electrons. The van der Waals surface area contributed by atoms with E-state index in [-0.39, 0.29) is 21.2 Å². The second-order valence-corrected chi connectivity index (χ2v) is 7.93. The quantitative estimate of drug-likeness (QED) is 0.649. The summed E-state index contributed by atoms with van der Waals surface area (Å²) in [6.07, 6.45) is 3.12. The normalized spacial score (nSPS) is 15.4. The molecule has 5 rings (SSSR count). The molecule has 1 saturated carbocycles. The van der Waals surface area contributed by atoms with Crippen molar-refractivity contribution in [3.8, 4) is 22.6 Å². The van der Waals surface area contributed by atoms with Gasteiger partial charge in [0.05, 0.1) is 5.41 Å². The van der Waals surface area contributed by atoms with Crippen LogP contribution in [0.15, 0.2) is 54.7 Å². The van der Waals surface area contributed by atoms with Crippen molar-refractivity contribution < 1.29 is 21.9 Å². The Hall–Kier alpha value is -3.87. The van der Waals surface area contributed by atoms with E-state index in [4.69, 9.17) is 15.2 Å². The summed E-state index contributed by atoms with van der Waals surface area (Å²) < 4.78 is 10.8. The largest absolute Gasteiger partial charge is 0.454 e. The van der Waals surface area contributed by atoms with Gasteiger partial charge in [0.15, 0.2) is 11.5 Å². The molecule has 31 heavy (non-hydrogen) atoms. The van der Waals surface area contributed by atoms with Crippen LogP contribution in [0.3, 0.4) is 0 Å². The van der Waals surface area contributed by atoms with E-state index in [9.17, 15) is 9.59 Å². The van der Waals surface area contributed by atoms with Crippen LogP contribution < -0.4 is 20.5 Å². The summed E-state index contributed by atoms with van der Waals surface area (Å²) in [5.41, 5.74) is 9.36. The average Bonchev–Trinajstić information content (AvgIpc) is 3.46. The maximum Gasteiger partial charge on any atom is 0.267 e. The van der Waals surface area contributed by atoms with Gasteiger partial charge < -0.3 is 20.5 Å². The first kappa shape index (κ1) is 19.1. The SMILES string of the molecule is Cc1ccc(NC(=O)C2(c3ccc4c(c3)OCO4)CC2)cc1-c1ccnc(C(N)=O)c1.[HH].[HH]. The number of benzene rings is 2. The van der Waals surface area contributed by atoms with Gasteiger partial charge in [-0.3, -0.25) is 14.6 Å². The third-order valence-electron chi connectivity index (χ3n) is 5.93. The number of pyridine rings is 1. The lowest BCUT2D eigenvalue weighted by molar-refractivity contribution is -0.118. The number of primary amides is 1. The van der Waals surface area contributed by atoms with Crippen LogP contribution in [0.5, 0.6) is 11.5 Å². The lowest BCUT2D eigenvalue weighted by Gasteiger charge is -2.17. The lowest BCUT2D eigenvalue weighted by atomic mass is 9.94. The average molecular weight is 419 g/mol. The summed E-state index contributed by atoms with van der Waals surface area (Å²) >= 11 is 0. The Balaban J connectivity index is 0.00000153. The summed E-state index contributed by atoms with van der Waals surface area (Å²) in [5, 5.41) is 3.07. The Morgan fingerprint density at radius 1 is 1.06 bits per heavy atom. The number of aryl methyl sites for hydroxylation is 1. The molecule has 2 aromatic carbocycles. The topological polar surface area (TPSA) is 104 Å². The molecule has 1 fully saturated rings. The predicted octanol–water partition coefficient (Wildman–Crippen LogP) is 4.05. The Labute approximate surface area is 182 Å². The Morgan fingerprint density at radius 2 is 1.87 bits per heavy atom. The fourth-order valence-electron chi connectivity index (χ4n) is 3.96. The minimum absolute atomic E-state index is 0. The fourth-order valence-corrected chi connectivity index (χ4v) is 3.96. The van der Waals surface area contributed by atoms with Crippen molar-refractivity contribution in [2.24, 2.45) is 5.73 Å². The molecule has 0 unspecified atom stereocenters.